The number of nitrogens with one attached hydrogen (secondary N) is 1. The van der Waals surface area contributed by atoms with Crippen LogP contribution in [0.4, 0.5) is 0 Å². The summed E-state index contributed by atoms with van der Waals surface area (Å²) >= 11 is 3.65. The summed E-state index contributed by atoms with van der Waals surface area (Å²) in [6.07, 6.45) is 11.9. The third kappa shape index (κ3) is 7.07. The van der Waals surface area contributed by atoms with Crippen LogP contribution in [0.2, 0.25) is 0 Å². The summed E-state index contributed by atoms with van der Waals surface area (Å²) in [6.45, 7) is 6.98. The van der Waals surface area contributed by atoms with E-state index in [0.29, 0.717) is 0 Å². The SMILES string of the molecule is C/C(=C\C=C/N)c1cccc(-c2cc(-c3cccc(Br)c3)cc(-c3cccc(C4=CNCC=C4)c3)c2)c1.CC. The number of hydrogen-bond donors (Lipinski definition) is 2. The van der Waals surface area contributed by atoms with E-state index >= 15 is 0 Å². The lowest BCUT2D eigenvalue weighted by molar-refractivity contribution is 0.976. The second-order valence-electron chi connectivity index (χ2n) is 9.12. The van der Waals surface area contributed by atoms with Gasteiger partial charge in [-0.05, 0) is 117 Å². The Morgan fingerprint density at radius 2 is 1.31 bits per heavy atom. The van der Waals surface area contributed by atoms with E-state index in [4.69, 9.17) is 5.73 Å². The number of allylic oxidation sites excluding steroid dienone is 5. The van der Waals surface area contributed by atoms with Crippen LogP contribution in [0.1, 0.15) is 31.9 Å². The Hall–Kier alpha value is -4.08. The van der Waals surface area contributed by atoms with E-state index in [1.165, 1.54) is 55.7 Å². The minimum atomic E-state index is 0.872. The number of dihydropyridines is 1. The van der Waals surface area contributed by atoms with Crippen molar-refractivity contribution in [2.45, 2.75) is 20.8 Å². The van der Waals surface area contributed by atoms with Crippen molar-refractivity contribution >= 4 is 27.1 Å². The van der Waals surface area contributed by atoms with Crippen molar-refractivity contribution in [1.82, 2.24) is 5.32 Å². The Balaban J connectivity index is 0.00000172. The molecule has 1 aliphatic heterocycles. The molecule has 3 N–H and O–H groups in total. The number of benzene rings is 4. The molecule has 2 nitrogen and oxygen atoms in total. The molecule has 0 saturated heterocycles. The second kappa shape index (κ2) is 13.6. The monoisotopic (exact) mass is 574 g/mol. The molecule has 1 aliphatic rings. The molecule has 0 bridgehead atoms. The fraction of sp³-hybridized carbons (Fsp3) is 0.111. The van der Waals surface area contributed by atoms with Crippen LogP contribution < -0.4 is 11.1 Å². The van der Waals surface area contributed by atoms with Gasteiger partial charge >= 0.3 is 0 Å². The first-order valence-electron chi connectivity index (χ1n) is 13.4. The van der Waals surface area contributed by atoms with E-state index in [1.54, 1.807) is 6.20 Å². The van der Waals surface area contributed by atoms with E-state index in [1.807, 2.05) is 26.0 Å². The van der Waals surface area contributed by atoms with Crippen molar-refractivity contribution in [3.8, 4) is 33.4 Å². The standard InChI is InChI=1S/C34H29BrN2.C2H6/c1-24(7-5-15-36)25-8-2-10-27(17-25)31-19-32(21-33(20-31)29-12-4-14-34(35)22-29)28-11-3-9-26(18-28)30-13-6-16-37-23-30;1-2/h2-15,17-23,37H,16,36H2,1H3;1-2H3/b15-5-,24-7+;. The summed E-state index contributed by atoms with van der Waals surface area (Å²) in [5.74, 6) is 0. The number of rotatable bonds is 6. The van der Waals surface area contributed by atoms with Gasteiger partial charge in [-0.15, -0.1) is 0 Å². The molecule has 0 spiro atoms. The maximum atomic E-state index is 5.55. The van der Waals surface area contributed by atoms with Crippen molar-refractivity contribution in [2.24, 2.45) is 5.73 Å². The Morgan fingerprint density at radius 3 is 1.92 bits per heavy atom. The second-order valence-corrected chi connectivity index (χ2v) is 10.0. The van der Waals surface area contributed by atoms with Gasteiger partial charge in [0.25, 0.3) is 0 Å². The van der Waals surface area contributed by atoms with Gasteiger partial charge in [-0.3, -0.25) is 0 Å². The highest BCUT2D eigenvalue weighted by molar-refractivity contribution is 9.10. The van der Waals surface area contributed by atoms with Crippen molar-refractivity contribution in [2.75, 3.05) is 6.54 Å². The lowest BCUT2D eigenvalue weighted by Gasteiger charge is -2.14. The molecule has 0 aliphatic carbocycles. The highest BCUT2D eigenvalue weighted by Crippen LogP contribution is 2.35. The maximum absolute atomic E-state index is 5.55. The molecule has 4 aromatic carbocycles. The fourth-order valence-corrected chi connectivity index (χ4v) is 4.96. The Labute approximate surface area is 241 Å². The van der Waals surface area contributed by atoms with Gasteiger partial charge in [-0.1, -0.05) is 96.5 Å². The molecule has 0 atom stereocenters. The highest BCUT2D eigenvalue weighted by Gasteiger charge is 2.10. The van der Waals surface area contributed by atoms with Gasteiger partial charge in [-0.25, -0.2) is 0 Å². The largest absolute Gasteiger partial charge is 0.405 e. The van der Waals surface area contributed by atoms with Gasteiger partial charge < -0.3 is 11.1 Å². The van der Waals surface area contributed by atoms with Crippen LogP contribution in [0.5, 0.6) is 0 Å². The van der Waals surface area contributed by atoms with E-state index in [-0.39, 0.29) is 0 Å². The van der Waals surface area contributed by atoms with E-state index in [9.17, 15) is 0 Å². The molecule has 0 amide bonds. The minimum absolute atomic E-state index is 0.872. The summed E-state index contributed by atoms with van der Waals surface area (Å²) in [6, 6.07) is 32.8. The lowest BCUT2D eigenvalue weighted by Crippen LogP contribution is -2.08. The van der Waals surface area contributed by atoms with Crippen molar-refractivity contribution in [3.63, 3.8) is 0 Å². The zero-order chi connectivity index (χ0) is 27.6. The molecule has 3 heteroatoms. The molecule has 4 aromatic rings. The van der Waals surface area contributed by atoms with Crippen LogP contribution >= 0.6 is 15.9 Å². The number of nitrogens with two attached hydrogens (primary N) is 1. The first-order valence-corrected chi connectivity index (χ1v) is 14.2. The van der Waals surface area contributed by atoms with Gasteiger partial charge in [0.2, 0.25) is 0 Å². The summed E-state index contributed by atoms with van der Waals surface area (Å²) in [5, 5.41) is 3.32. The summed E-state index contributed by atoms with van der Waals surface area (Å²) in [4.78, 5) is 0. The van der Waals surface area contributed by atoms with Crippen LogP contribution in [-0.2, 0) is 0 Å². The molecule has 0 unspecified atom stereocenters. The predicted molar refractivity (Wildman–Crippen MR) is 174 cm³/mol. The average Bonchev–Trinajstić information content (AvgIpc) is 3.01. The fourth-order valence-electron chi connectivity index (χ4n) is 4.56. The molecule has 196 valence electrons. The normalized spacial score (nSPS) is 12.9. The van der Waals surface area contributed by atoms with Crippen LogP contribution in [-0.4, -0.2) is 6.54 Å². The Bertz CT molecular complexity index is 1560. The van der Waals surface area contributed by atoms with Gasteiger partial charge in [0, 0.05) is 17.2 Å². The van der Waals surface area contributed by atoms with Crippen LogP contribution in [0, 0.1) is 0 Å². The van der Waals surface area contributed by atoms with E-state index in [2.05, 4.69) is 138 Å². The number of halogens is 1. The smallest absolute Gasteiger partial charge is 0.0328 e. The molecular weight excluding hydrogens is 540 g/mol. The molecule has 1 heterocycles. The van der Waals surface area contributed by atoms with Gasteiger partial charge in [0.15, 0.2) is 0 Å². The van der Waals surface area contributed by atoms with Crippen molar-refractivity contribution in [1.29, 1.82) is 0 Å². The highest BCUT2D eigenvalue weighted by atomic mass is 79.9. The summed E-state index contributed by atoms with van der Waals surface area (Å²) in [5.41, 5.74) is 17.4. The van der Waals surface area contributed by atoms with Gasteiger partial charge in [0.05, 0.1) is 0 Å². The van der Waals surface area contributed by atoms with Crippen molar-refractivity contribution < 1.29 is 0 Å². The average molecular weight is 576 g/mol. The van der Waals surface area contributed by atoms with Crippen LogP contribution in [0.25, 0.3) is 44.5 Å². The zero-order valence-electron chi connectivity index (χ0n) is 22.8. The van der Waals surface area contributed by atoms with E-state index in [0.717, 1.165) is 11.0 Å². The molecular formula is C36H35BrN2. The molecule has 0 aromatic heterocycles. The quantitative estimate of drug-likeness (QED) is 0.225. The van der Waals surface area contributed by atoms with Crippen molar-refractivity contribution in [3.05, 3.63) is 143 Å². The first kappa shape index (κ1) is 27.9. The molecule has 0 radical (unpaired) electrons. The van der Waals surface area contributed by atoms with E-state index < -0.39 is 0 Å². The first-order chi connectivity index (χ1) is 19.1. The zero-order valence-corrected chi connectivity index (χ0v) is 24.4. The topological polar surface area (TPSA) is 38.0 Å². The third-order valence-electron chi connectivity index (χ3n) is 6.52. The Morgan fingerprint density at radius 1 is 0.744 bits per heavy atom. The maximum Gasteiger partial charge on any atom is 0.0328 e. The van der Waals surface area contributed by atoms with Crippen LogP contribution in [0.3, 0.4) is 0 Å². The molecule has 0 saturated carbocycles. The van der Waals surface area contributed by atoms with Gasteiger partial charge in [0.1, 0.15) is 0 Å². The number of hydrogen-bond acceptors (Lipinski definition) is 2. The van der Waals surface area contributed by atoms with Gasteiger partial charge in [-0.2, -0.15) is 0 Å². The molecule has 0 fully saturated rings. The van der Waals surface area contributed by atoms with Crippen LogP contribution in [0.15, 0.2) is 132 Å². The molecule has 5 rings (SSSR count). The Kier molecular flexibility index (Phi) is 9.77. The summed E-state index contributed by atoms with van der Waals surface area (Å²) in [7, 11) is 0. The molecule has 39 heavy (non-hydrogen) atoms. The third-order valence-corrected chi connectivity index (χ3v) is 7.01. The minimum Gasteiger partial charge on any atom is -0.405 e. The predicted octanol–water partition coefficient (Wildman–Crippen LogP) is 9.85. The lowest BCUT2D eigenvalue weighted by atomic mass is 9.91. The summed E-state index contributed by atoms with van der Waals surface area (Å²) < 4.78 is 1.07.